The van der Waals surface area contributed by atoms with E-state index in [1.54, 1.807) is 30.5 Å². The third-order valence-electron chi connectivity index (χ3n) is 5.02. The smallest absolute Gasteiger partial charge is 0.328 e. The maximum atomic E-state index is 10.9. The number of ether oxygens (including phenoxy) is 1. The van der Waals surface area contributed by atoms with Crippen molar-refractivity contribution in [2.24, 2.45) is 0 Å². The summed E-state index contributed by atoms with van der Waals surface area (Å²) < 4.78 is 6.15. The van der Waals surface area contributed by atoms with Crippen molar-refractivity contribution in [2.45, 2.75) is 31.8 Å². The molecular formula is C23H19Cl2NO3. The van der Waals surface area contributed by atoms with Gasteiger partial charge in [0.05, 0.1) is 5.52 Å². The fourth-order valence-electron chi connectivity index (χ4n) is 3.56. The predicted octanol–water partition coefficient (Wildman–Crippen LogP) is 6.66. The van der Waals surface area contributed by atoms with Crippen LogP contribution < -0.4 is 4.74 Å². The molecule has 3 aromatic rings. The van der Waals surface area contributed by atoms with Gasteiger partial charge in [-0.1, -0.05) is 29.3 Å². The monoisotopic (exact) mass is 427 g/mol. The summed E-state index contributed by atoms with van der Waals surface area (Å²) in [6.45, 7) is 1.91. The number of halogens is 2. The number of rotatable bonds is 6. The standard InChI is InChI=1S/C23H19Cl2NO3/c1-13(22-18(24)3-2-4-19(22)25)29-16-8-9-20-17(11-16)23(14-5-6-14)15(12-26-20)7-10-21(27)28/h2-4,7-14H,5-6H2,1H3,(H,27,28)/b10-7+/t13-/m0/s1. The average molecular weight is 428 g/mol. The van der Waals surface area contributed by atoms with E-state index in [1.807, 2.05) is 25.1 Å². The number of carboxylic acid groups (broad SMARTS) is 1. The van der Waals surface area contributed by atoms with Crippen LogP contribution in [0.2, 0.25) is 10.0 Å². The summed E-state index contributed by atoms with van der Waals surface area (Å²) >= 11 is 12.6. The van der Waals surface area contributed by atoms with Gasteiger partial charge in [0.2, 0.25) is 0 Å². The number of benzene rings is 2. The number of fused-ring (bicyclic) bond motifs is 1. The Morgan fingerprint density at radius 1 is 1.24 bits per heavy atom. The van der Waals surface area contributed by atoms with Gasteiger partial charge in [0.25, 0.3) is 0 Å². The molecule has 1 aliphatic carbocycles. The summed E-state index contributed by atoms with van der Waals surface area (Å²) in [6, 6.07) is 11.1. The van der Waals surface area contributed by atoms with Crippen LogP contribution in [-0.2, 0) is 4.79 Å². The Hall–Kier alpha value is -2.56. The van der Waals surface area contributed by atoms with Gasteiger partial charge in [-0.25, -0.2) is 4.79 Å². The molecule has 1 saturated carbocycles. The number of carbonyl (C=O) groups is 1. The second kappa shape index (κ2) is 8.05. The van der Waals surface area contributed by atoms with Gasteiger partial charge in [-0.05, 0) is 73.2 Å². The van der Waals surface area contributed by atoms with E-state index in [4.69, 9.17) is 33.0 Å². The van der Waals surface area contributed by atoms with Gasteiger partial charge in [0, 0.05) is 33.3 Å². The normalized spacial score (nSPS) is 15.0. The average Bonchev–Trinajstić information content (AvgIpc) is 3.50. The highest BCUT2D eigenvalue weighted by Gasteiger charge is 2.28. The molecule has 4 nitrogen and oxygen atoms in total. The lowest BCUT2D eigenvalue weighted by atomic mass is 9.99. The number of nitrogens with zero attached hydrogens (tertiary/aromatic N) is 1. The van der Waals surface area contributed by atoms with E-state index >= 15 is 0 Å². The van der Waals surface area contributed by atoms with Gasteiger partial charge < -0.3 is 9.84 Å². The largest absolute Gasteiger partial charge is 0.486 e. The third-order valence-corrected chi connectivity index (χ3v) is 5.68. The highest BCUT2D eigenvalue weighted by atomic mass is 35.5. The first-order valence-electron chi connectivity index (χ1n) is 9.38. The topological polar surface area (TPSA) is 59.4 Å². The van der Waals surface area contributed by atoms with Crippen molar-refractivity contribution in [1.82, 2.24) is 4.98 Å². The molecule has 0 radical (unpaired) electrons. The number of carboxylic acids is 1. The minimum absolute atomic E-state index is 0.332. The van der Waals surface area contributed by atoms with Gasteiger partial charge in [-0.15, -0.1) is 0 Å². The molecule has 148 valence electrons. The zero-order valence-corrected chi connectivity index (χ0v) is 17.2. The van der Waals surface area contributed by atoms with Crippen molar-refractivity contribution in [2.75, 3.05) is 0 Å². The molecule has 1 heterocycles. The van der Waals surface area contributed by atoms with Gasteiger partial charge in [0.1, 0.15) is 11.9 Å². The Kier molecular flexibility index (Phi) is 5.48. The summed E-state index contributed by atoms with van der Waals surface area (Å²) in [5, 5.41) is 11.1. The molecule has 0 unspecified atom stereocenters. The molecule has 1 N–H and O–H groups in total. The zero-order valence-electron chi connectivity index (χ0n) is 15.7. The summed E-state index contributed by atoms with van der Waals surface area (Å²) in [4.78, 5) is 15.4. The molecule has 29 heavy (non-hydrogen) atoms. The van der Waals surface area contributed by atoms with Crippen LogP contribution in [0.5, 0.6) is 5.75 Å². The third kappa shape index (κ3) is 4.24. The molecular weight excluding hydrogens is 409 g/mol. The Morgan fingerprint density at radius 2 is 1.97 bits per heavy atom. The molecule has 0 bridgehead atoms. The van der Waals surface area contributed by atoms with Crippen LogP contribution in [0.3, 0.4) is 0 Å². The molecule has 4 rings (SSSR count). The highest BCUT2D eigenvalue weighted by molar-refractivity contribution is 6.36. The molecule has 0 saturated heterocycles. The van der Waals surface area contributed by atoms with E-state index in [0.29, 0.717) is 21.7 Å². The molecule has 1 aliphatic rings. The molecule has 1 fully saturated rings. The maximum absolute atomic E-state index is 10.9. The lowest BCUT2D eigenvalue weighted by Crippen LogP contribution is -2.05. The van der Waals surface area contributed by atoms with Crippen molar-refractivity contribution in [3.05, 3.63) is 75.4 Å². The van der Waals surface area contributed by atoms with Crippen LogP contribution in [0, 0.1) is 0 Å². The quantitative estimate of drug-likeness (QED) is 0.446. The van der Waals surface area contributed by atoms with Crippen LogP contribution >= 0.6 is 23.2 Å². The van der Waals surface area contributed by atoms with Crippen molar-refractivity contribution in [1.29, 1.82) is 0 Å². The van der Waals surface area contributed by atoms with Gasteiger partial charge in [-0.3, -0.25) is 4.98 Å². The lowest BCUT2D eigenvalue weighted by Gasteiger charge is -2.18. The molecule has 6 heteroatoms. The molecule has 1 atom stereocenters. The van der Waals surface area contributed by atoms with Crippen LogP contribution in [0.25, 0.3) is 17.0 Å². The van der Waals surface area contributed by atoms with Crippen molar-refractivity contribution in [3.8, 4) is 5.75 Å². The lowest BCUT2D eigenvalue weighted by molar-refractivity contribution is -0.131. The molecule has 2 aromatic carbocycles. The number of aliphatic carboxylic acids is 1. The summed E-state index contributed by atoms with van der Waals surface area (Å²) in [5.74, 6) is 0.123. The molecule has 1 aromatic heterocycles. The molecule has 0 spiro atoms. The fourth-order valence-corrected chi connectivity index (χ4v) is 4.27. The minimum atomic E-state index is -0.977. The van der Waals surface area contributed by atoms with E-state index in [2.05, 4.69) is 4.98 Å². The van der Waals surface area contributed by atoms with Gasteiger partial charge >= 0.3 is 5.97 Å². The zero-order chi connectivity index (χ0) is 20.5. The number of hydrogen-bond acceptors (Lipinski definition) is 3. The predicted molar refractivity (Wildman–Crippen MR) is 116 cm³/mol. The Labute approximate surface area is 178 Å². The maximum Gasteiger partial charge on any atom is 0.328 e. The van der Waals surface area contributed by atoms with E-state index < -0.39 is 5.97 Å². The first-order valence-corrected chi connectivity index (χ1v) is 10.1. The summed E-state index contributed by atoms with van der Waals surface area (Å²) in [5.41, 5.74) is 3.56. The number of pyridine rings is 1. The van der Waals surface area contributed by atoms with Crippen LogP contribution in [0.15, 0.2) is 48.7 Å². The number of hydrogen-bond donors (Lipinski definition) is 1. The van der Waals surface area contributed by atoms with Crippen molar-refractivity contribution in [3.63, 3.8) is 0 Å². The van der Waals surface area contributed by atoms with E-state index in [-0.39, 0.29) is 6.10 Å². The second-order valence-corrected chi connectivity index (χ2v) is 7.96. The van der Waals surface area contributed by atoms with Crippen molar-refractivity contribution < 1.29 is 14.6 Å². The summed E-state index contributed by atoms with van der Waals surface area (Å²) in [6.07, 6.45) is 6.34. The van der Waals surface area contributed by atoms with Gasteiger partial charge in [-0.2, -0.15) is 0 Å². The van der Waals surface area contributed by atoms with Crippen LogP contribution in [-0.4, -0.2) is 16.1 Å². The molecule has 0 aliphatic heterocycles. The molecule has 0 amide bonds. The highest BCUT2D eigenvalue weighted by Crippen LogP contribution is 2.45. The first-order chi connectivity index (χ1) is 13.9. The first kappa shape index (κ1) is 19.7. The van der Waals surface area contributed by atoms with E-state index in [0.717, 1.165) is 46.5 Å². The fraction of sp³-hybridized carbons (Fsp3) is 0.217. The Bertz CT molecular complexity index is 1100. The van der Waals surface area contributed by atoms with Crippen LogP contribution in [0.1, 0.15) is 48.5 Å². The van der Waals surface area contributed by atoms with Crippen molar-refractivity contribution >= 4 is 46.2 Å². The SMILES string of the molecule is C[C@H](Oc1ccc2ncc(/C=C/C(=O)O)c(C3CC3)c2c1)c1c(Cl)cccc1Cl. The Morgan fingerprint density at radius 3 is 2.62 bits per heavy atom. The summed E-state index contributed by atoms with van der Waals surface area (Å²) in [7, 11) is 0. The van der Waals surface area contributed by atoms with E-state index in [9.17, 15) is 4.79 Å². The number of aromatic nitrogens is 1. The van der Waals surface area contributed by atoms with E-state index in [1.165, 1.54) is 0 Å². The minimum Gasteiger partial charge on any atom is -0.486 e. The van der Waals surface area contributed by atoms with Crippen LogP contribution in [0.4, 0.5) is 0 Å². The second-order valence-electron chi connectivity index (χ2n) is 7.15. The van der Waals surface area contributed by atoms with Gasteiger partial charge in [0.15, 0.2) is 0 Å². The Balaban J connectivity index is 1.73.